The molecule has 4 atom stereocenters. The summed E-state index contributed by atoms with van der Waals surface area (Å²) in [7, 11) is 0. The summed E-state index contributed by atoms with van der Waals surface area (Å²) in [5.41, 5.74) is 2.25. The van der Waals surface area contributed by atoms with Crippen molar-refractivity contribution >= 4 is 29.5 Å². The van der Waals surface area contributed by atoms with Crippen LogP contribution in [0.1, 0.15) is 43.2 Å². The summed E-state index contributed by atoms with van der Waals surface area (Å²) in [6.07, 6.45) is 7.07. The first kappa shape index (κ1) is 29.9. The van der Waals surface area contributed by atoms with Crippen molar-refractivity contribution in [1.82, 2.24) is 10.2 Å². The predicted molar refractivity (Wildman–Crippen MR) is 157 cm³/mol. The monoisotopic (exact) mass is 564 g/mol. The third-order valence-corrected chi connectivity index (χ3v) is 8.75. The van der Waals surface area contributed by atoms with Gasteiger partial charge in [0.05, 0.1) is 30.5 Å². The fourth-order valence-corrected chi connectivity index (χ4v) is 6.30. The number of esters is 1. The molecule has 2 amide bonds. The molecule has 2 aromatic carbocycles. The van der Waals surface area contributed by atoms with Gasteiger partial charge in [-0.3, -0.25) is 14.4 Å². The number of nitrogens with zero attached hydrogens (tertiary/aromatic N) is 1. The molecule has 214 valence electrons. The number of carbonyl (C=O) groups excluding carboxylic acids is 3. The molecule has 0 radical (unpaired) electrons. The molecule has 0 unspecified atom stereocenters. The molecular weight excluding hydrogens is 524 g/mol. The van der Waals surface area contributed by atoms with E-state index in [-0.39, 0.29) is 55.4 Å². The number of thioether (sulfide) groups is 1. The molecule has 0 spiro atoms. The lowest BCUT2D eigenvalue weighted by atomic mass is 9.94. The van der Waals surface area contributed by atoms with Crippen LogP contribution in [0.5, 0.6) is 0 Å². The van der Waals surface area contributed by atoms with Gasteiger partial charge < -0.3 is 20.1 Å². The topological polar surface area (TPSA) is 95.9 Å². The number of benzene rings is 2. The number of aliphatic hydroxyl groups excluding tert-OH is 1. The van der Waals surface area contributed by atoms with Gasteiger partial charge in [-0.2, -0.15) is 11.8 Å². The van der Waals surface area contributed by atoms with Crippen molar-refractivity contribution < 1.29 is 24.2 Å². The van der Waals surface area contributed by atoms with E-state index in [1.54, 1.807) is 16.7 Å². The average Bonchev–Trinajstić information content (AvgIpc) is 3.46. The largest absolute Gasteiger partial charge is 0.463 e. The normalized spacial score (nSPS) is 24.1. The van der Waals surface area contributed by atoms with Crippen LogP contribution in [-0.2, 0) is 31.3 Å². The Bertz CT molecular complexity index is 1130. The van der Waals surface area contributed by atoms with E-state index < -0.39 is 5.92 Å². The molecule has 0 aromatic heterocycles. The first-order valence-corrected chi connectivity index (χ1v) is 15.4. The van der Waals surface area contributed by atoms with Crippen LogP contribution in [0.2, 0.25) is 0 Å². The van der Waals surface area contributed by atoms with Crippen molar-refractivity contribution in [3.05, 3.63) is 83.9 Å². The van der Waals surface area contributed by atoms with Crippen molar-refractivity contribution in [3.63, 3.8) is 0 Å². The van der Waals surface area contributed by atoms with Crippen LogP contribution in [0, 0.1) is 11.8 Å². The number of rotatable bonds is 9. The smallest absolute Gasteiger partial charge is 0.309 e. The summed E-state index contributed by atoms with van der Waals surface area (Å²) >= 11 is 1.67. The maximum atomic E-state index is 13.4. The summed E-state index contributed by atoms with van der Waals surface area (Å²) < 4.78 is 5.79. The number of nitrogens with one attached hydrogen (secondary N) is 1. The van der Waals surface area contributed by atoms with Gasteiger partial charge in [0.25, 0.3) is 0 Å². The number of hydrogen-bond acceptors (Lipinski definition) is 6. The Balaban J connectivity index is 1.47. The Labute approximate surface area is 241 Å². The van der Waals surface area contributed by atoms with Gasteiger partial charge in [-0.1, -0.05) is 72.8 Å². The highest BCUT2D eigenvalue weighted by atomic mass is 32.2. The highest BCUT2D eigenvalue weighted by Crippen LogP contribution is 2.23. The molecule has 2 heterocycles. The number of hydrogen-bond donors (Lipinski definition) is 2. The molecular formula is C32H40N2O5S. The van der Waals surface area contributed by atoms with E-state index in [2.05, 4.69) is 17.4 Å². The number of cyclic esters (lactones) is 1. The van der Waals surface area contributed by atoms with Crippen LogP contribution < -0.4 is 5.32 Å². The fourth-order valence-electron chi connectivity index (χ4n) is 5.29. The van der Waals surface area contributed by atoms with Crippen molar-refractivity contribution in [2.24, 2.45) is 11.8 Å². The van der Waals surface area contributed by atoms with Gasteiger partial charge in [-0.25, -0.2) is 0 Å². The molecule has 0 bridgehead atoms. The number of allylic oxidation sites excluding steroid dienone is 2. The van der Waals surface area contributed by atoms with Crippen molar-refractivity contribution in [2.45, 2.75) is 56.4 Å². The standard InChI is InChI=1S/C32H40N2O5S/c35-20-29-16-9-17-34(29)30(36)19-26-14-7-8-15-27(18-24-10-3-1-4-11-24)32(38)39-21-28(33-31(26)37)23-40-22-25-12-5-2-6-13-25/h1-8,10-13,26-29,35H,9,14-23H2,(H,33,37)/t26-,27-,28-,29+/m1/s1. The van der Waals surface area contributed by atoms with Crippen molar-refractivity contribution in [2.75, 3.05) is 25.5 Å². The third-order valence-electron chi connectivity index (χ3n) is 7.57. The maximum Gasteiger partial charge on any atom is 0.309 e. The van der Waals surface area contributed by atoms with E-state index in [1.807, 2.05) is 60.7 Å². The van der Waals surface area contributed by atoms with E-state index in [9.17, 15) is 19.5 Å². The first-order chi connectivity index (χ1) is 19.5. The lowest BCUT2D eigenvalue weighted by Gasteiger charge is -2.27. The van der Waals surface area contributed by atoms with Gasteiger partial charge in [-0.15, -0.1) is 0 Å². The van der Waals surface area contributed by atoms with E-state index in [0.717, 1.165) is 24.2 Å². The quantitative estimate of drug-likeness (QED) is 0.351. The Kier molecular flexibility index (Phi) is 11.7. The predicted octanol–water partition coefficient (Wildman–Crippen LogP) is 4.15. The number of likely N-dealkylation sites (tertiary alicyclic amines) is 1. The number of carbonyl (C=O) groups is 3. The van der Waals surface area contributed by atoms with Gasteiger partial charge in [0.15, 0.2) is 0 Å². The molecule has 0 aliphatic carbocycles. The van der Waals surface area contributed by atoms with E-state index in [0.29, 0.717) is 31.6 Å². The minimum absolute atomic E-state index is 0.0581. The van der Waals surface area contributed by atoms with Crippen LogP contribution in [0.3, 0.4) is 0 Å². The number of ether oxygens (including phenoxy) is 1. The highest BCUT2D eigenvalue weighted by molar-refractivity contribution is 7.98. The van der Waals surface area contributed by atoms with Crippen LogP contribution in [0.15, 0.2) is 72.8 Å². The molecule has 2 N–H and O–H groups in total. The van der Waals surface area contributed by atoms with Gasteiger partial charge in [0, 0.05) is 24.5 Å². The van der Waals surface area contributed by atoms with Crippen LogP contribution in [0.25, 0.3) is 0 Å². The molecule has 2 aromatic rings. The molecule has 1 fully saturated rings. The average molecular weight is 565 g/mol. The summed E-state index contributed by atoms with van der Waals surface area (Å²) in [6.45, 7) is 0.641. The Hall–Kier alpha value is -3.10. The third kappa shape index (κ3) is 8.96. The summed E-state index contributed by atoms with van der Waals surface area (Å²) in [6, 6.07) is 19.5. The Morgan fingerprint density at radius 1 is 0.975 bits per heavy atom. The fraction of sp³-hybridized carbons (Fsp3) is 0.469. The zero-order chi connectivity index (χ0) is 28.2. The zero-order valence-corrected chi connectivity index (χ0v) is 23.8. The molecule has 7 nitrogen and oxygen atoms in total. The minimum Gasteiger partial charge on any atom is -0.463 e. The molecule has 2 aliphatic rings. The van der Waals surface area contributed by atoms with Gasteiger partial charge in [-0.05, 0) is 43.2 Å². The van der Waals surface area contributed by atoms with Gasteiger partial charge >= 0.3 is 5.97 Å². The van der Waals surface area contributed by atoms with E-state index in [1.165, 1.54) is 5.56 Å². The van der Waals surface area contributed by atoms with Crippen LogP contribution >= 0.6 is 11.8 Å². The summed E-state index contributed by atoms with van der Waals surface area (Å²) in [4.78, 5) is 41.4. The van der Waals surface area contributed by atoms with Gasteiger partial charge in [0.2, 0.25) is 11.8 Å². The van der Waals surface area contributed by atoms with Gasteiger partial charge in [0.1, 0.15) is 6.61 Å². The maximum absolute atomic E-state index is 13.4. The molecule has 2 aliphatic heterocycles. The molecule has 4 rings (SSSR count). The SMILES string of the molecule is O=C1N[C@@H](CSCc2ccccc2)COC(=O)[C@@H](Cc2ccccc2)CC=CC[C@@H]1CC(=O)N1CCC[C@H]1CO. The zero-order valence-electron chi connectivity index (χ0n) is 23.0. The van der Waals surface area contributed by atoms with Crippen molar-refractivity contribution in [3.8, 4) is 0 Å². The van der Waals surface area contributed by atoms with Crippen molar-refractivity contribution in [1.29, 1.82) is 0 Å². The number of amides is 2. The number of aliphatic hydroxyl groups is 1. The second kappa shape index (κ2) is 15.6. The van der Waals surface area contributed by atoms with E-state index >= 15 is 0 Å². The summed E-state index contributed by atoms with van der Waals surface area (Å²) in [5, 5.41) is 12.8. The second-order valence-corrected chi connectivity index (χ2v) is 11.7. The van der Waals surface area contributed by atoms with Crippen LogP contribution in [0.4, 0.5) is 0 Å². The summed E-state index contributed by atoms with van der Waals surface area (Å²) in [5.74, 6) is -0.0837. The molecule has 0 saturated carbocycles. The van der Waals surface area contributed by atoms with E-state index in [4.69, 9.17) is 4.74 Å². The highest BCUT2D eigenvalue weighted by Gasteiger charge is 2.32. The Morgan fingerprint density at radius 2 is 1.65 bits per heavy atom. The lowest BCUT2D eigenvalue weighted by Crippen LogP contribution is -2.46. The Morgan fingerprint density at radius 3 is 2.35 bits per heavy atom. The first-order valence-electron chi connectivity index (χ1n) is 14.2. The molecule has 1 saturated heterocycles. The second-order valence-electron chi connectivity index (χ2n) is 10.6. The van der Waals surface area contributed by atoms with Crippen LogP contribution in [-0.4, -0.2) is 65.4 Å². The molecule has 40 heavy (non-hydrogen) atoms. The molecule has 8 heteroatoms. The minimum atomic E-state index is -0.534. The lowest BCUT2D eigenvalue weighted by molar-refractivity contribution is -0.149.